The first kappa shape index (κ1) is 13.5. The number of hydrogen-bond acceptors (Lipinski definition) is 5. The van der Waals surface area contributed by atoms with Crippen LogP contribution >= 0.6 is 0 Å². The quantitative estimate of drug-likeness (QED) is 0.619. The summed E-state index contributed by atoms with van der Waals surface area (Å²) in [6.07, 6.45) is 5.02. The molecule has 0 spiro atoms. The number of anilines is 1. The zero-order valence-corrected chi connectivity index (χ0v) is 12.3. The van der Waals surface area contributed by atoms with Crippen molar-refractivity contribution in [3.63, 3.8) is 0 Å². The molecule has 0 unspecified atom stereocenters. The SMILES string of the molecule is c1ccc(-c2cccnc2NCc2cccc3ocnc23)nc1. The van der Waals surface area contributed by atoms with Gasteiger partial charge in [-0.1, -0.05) is 18.2 Å². The van der Waals surface area contributed by atoms with Gasteiger partial charge in [0.05, 0.1) is 5.69 Å². The van der Waals surface area contributed by atoms with Crippen LogP contribution in [-0.2, 0) is 6.54 Å². The lowest BCUT2D eigenvalue weighted by Gasteiger charge is -2.10. The monoisotopic (exact) mass is 302 g/mol. The second-order valence-electron chi connectivity index (χ2n) is 5.08. The third-order valence-corrected chi connectivity index (χ3v) is 3.64. The molecule has 3 heterocycles. The molecule has 4 rings (SSSR count). The van der Waals surface area contributed by atoms with Gasteiger partial charge in [0, 0.05) is 30.1 Å². The van der Waals surface area contributed by atoms with Crippen molar-refractivity contribution in [2.75, 3.05) is 5.32 Å². The van der Waals surface area contributed by atoms with Crippen LogP contribution in [0.3, 0.4) is 0 Å². The average Bonchev–Trinajstić information content (AvgIpc) is 3.10. The number of para-hydroxylation sites is 1. The highest BCUT2D eigenvalue weighted by atomic mass is 16.3. The van der Waals surface area contributed by atoms with Crippen molar-refractivity contribution in [3.05, 3.63) is 72.9 Å². The maximum atomic E-state index is 5.34. The molecule has 1 N–H and O–H groups in total. The van der Waals surface area contributed by atoms with Crippen LogP contribution in [0.4, 0.5) is 5.82 Å². The van der Waals surface area contributed by atoms with E-state index in [0.717, 1.165) is 33.7 Å². The topological polar surface area (TPSA) is 63.8 Å². The van der Waals surface area contributed by atoms with E-state index in [4.69, 9.17) is 4.42 Å². The standard InChI is InChI=1S/C18H14N4O/c1-2-9-19-15(7-1)14-6-4-10-20-18(14)21-11-13-5-3-8-16-17(13)22-12-23-16/h1-10,12H,11H2,(H,20,21). The van der Waals surface area contributed by atoms with Crippen molar-refractivity contribution >= 4 is 16.9 Å². The van der Waals surface area contributed by atoms with Crippen LogP contribution in [0.2, 0.25) is 0 Å². The third kappa shape index (κ3) is 2.64. The number of aromatic nitrogens is 3. The van der Waals surface area contributed by atoms with Crippen LogP contribution in [0.15, 0.2) is 71.7 Å². The number of fused-ring (bicyclic) bond motifs is 1. The zero-order valence-electron chi connectivity index (χ0n) is 12.3. The fourth-order valence-corrected chi connectivity index (χ4v) is 2.54. The van der Waals surface area contributed by atoms with Crippen LogP contribution in [0, 0.1) is 0 Å². The van der Waals surface area contributed by atoms with Gasteiger partial charge in [0.25, 0.3) is 0 Å². The maximum absolute atomic E-state index is 5.34. The molecule has 4 aromatic rings. The number of nitrogens with zero attached hydrogens (tertiary/aromatic N) is 3. The smallest absolute Gasteiger partial charge is 0.181 e. The second kappa shape index (κ2) is 5.88. The Balaban J connectivity index is 1.64. The van der Waals surface area contributed by atoms with E-state index >= 15 is 0 Å². The van der Waals surface area contributed by atoms with Gasteiger partial charge in [-0.2, -0.15) is 0 Å². The summed E-state index contributed by atoms with van der Waals surface area (Å²) in [6.45, 7) is 0.612. The molecule has 0 amide bonds. The molecule has 5 heteroatoms. The van der Waals surface area contributed by atoms with E-state index in [1.807, 2.05) is 48.5 Å². The van der Waals surface area contributed by atoms with Crippen LogP contribution in [0.25, 0.3) is 22.4 Å². The summed E-state index contributed by atoms with van der Waals surface area (Å²) in [5.74, 6) is 0.798. The Kier molecular flexibility index (Phi) is 3.44. The zero-order chi connectivity index (χ0) is 15.5. The highest BCUT2D eigenvalue weighted by Crippen LogP contribution is 2.25. The summed E-state index contributed by atoms with van der Waals surface area (Å²) in [5.41, 5.74) is 4.59. The number of benzene rings is 1. The fraction of sp³-hybridized carbons (Fsp3) is 0.0556. The Hall–Kier alpha value is -3.21. The molecule has 0 aliphatic heterocycles. The first-order valence-corrected chi connectivity index (χ1v) is 7.33. The number of rotatable bonds is 4. The Morgan fingerprint density at radius 2 is 1.83 bits per heavy atom. The molecule has 3 aromatic heterocycles. The predicted molar refractivity (Wildman–Crippen MR) is 88.8 cm³/mol. The van der Waals surface area contributed by atoms with Gasteiger partial charge in [-0.15, -0.1) is 0 Å². The molecule has 0 bridgehead atoms. The second-order valence-corrected chi connectivity index (χ2v) is 5.08. The average molecular weight is 302 g/mol. The minimum Gasteiger partial charge on any atom is -0.443 e. The molecule has 0 aliphatic rings. The fourth-order valence-electron chi connectivity index (χ4n) is 2.54. The van der Waals surface area contributed by atoms with Gasteiger partial charge in [0.2, 0.25) is 0 Å². The molecule has 0 fully saturated rings. The molecule has 23 heavy (non-hydrogen) atoms. The van der Waals surface area contributed by atoms with Gasteiger partial charge >= 0.3 is 0 Å². The molecule has 0 atom stereocenters. The highest BCUT2D eigenvalue weighted by molar-refractivity contribution is 5.77. The Morgan fingerprint density at radius 3 is 2.74 bits per heavy atom. The predicted octanol–water partition coefficient (Wildman–Crippen LogP) is 3.90. The van der Waals surface area contributed by atoms with Crippen molar-refractivity contribution in [1.82, 2.24) is 15.0 Å². The highest BCUT2D eigenvalue weighted by Gasteiger charge is 2.09. The van der Waals surface area contributed by atoms with E-state index in [-0.39, 0.29) is 0 Å². The summed E-state index contributed by atoms with van der Waals surface area (Å²) < 4.78 is 5.34. The molecule has 0 saturated heterocycles. The molecule has 5 nitrogen and oxygen atoms in total. The normalized spacial score (nSPS) is 10.8. The van der Waals surface area contributed by atoms with E-state index in [0.29, 0.717) is 6.54 Å². The number of oxazole rings is 1. The summed E-state index contributed by atoms with van der Waals surface area (Å²) in [4.78, 5) is 13.1. The third-order valence-electron chi connectivity index (χ3n) is 3.64. The van der Waals surface area contributed by atoms with E-state index in [1.54, 1.807) is 12.4 Å². The van der Waals surface area contributed by atoms with E-state index < -0.39 is 0 Å². The first-order chi connectivity index (χ1) is 11.4. The Labute approximate surface area is 133 Å². The van der Waals surface area contributed by atoms with Crippen molar-refractivity contribution in [2.45, 2.75) is 6.54 Å². The molecule has 112 valence electrons. The van der Waals surface area contributed by atoms with Crippen molar-refractivity contribution in [3.8, 4) is 11.3 Å². The van der Waals surface area contributed by atoms with Gasteiger partial charge in [-0.25, -0.2) is 9.97 Å². The molecule has 1 aromatic carbocycles. The number of hydrogen-bond donors (Lipinski definition) is 1. The lowest BCUT2D eigenvalue weighted by molar-refractivity contribution is 0.602. The Bertz CT molecular complexity index is 934. The molecule has 0 aliphatic carbocycles. The van der Waals surface area contributed by atoms with Crippen LogP contribution < -0.4 is 5.32 Å². The summed E-state index contributed by atoms with van der Waals surface area (Å²) in [6, 6.07) is 15.7. The minimum absolute atomic E-state index is 0.612. The molecular weight excluding hydrogens is 288 g/mol. The van der Waals surface area contributed by atoms with Crippen LogP contribution in [0.5, 0.6) is 0 Å². The van der Waals surface area contributed by atoms with Gasteiger partial charge in [0.15, 0.2) is 12.0 Å². The summed E-state index contributed by atoms with van der Waals surface area (Å²) in [5, 5.41) is 3.38. The Morgan fingerprint density at radius 1 is 0.870 bits per heavy atom. The van der Waals surface area contributed by atoms with Crippen LogP contribution in [-0.4, -0.2) is 15.0 Å². The molecular formula is C18H14N4O. The number of pyridine rings is 2. The lowest BCUT2D eigenvalue weighted by Crippen LogP contribution is -2.03. The van der Waals surface area contributed by atoms with Gasteiger partial charge in [-0.3, -0.25) is 4.98 Å². The van der Waals surface area contributed by atoms with Gasteiger partial charge in [-0.05, 0) is 30.3 Å². The molecule has 0 radical (unpaired) electrons. The minimum atomic E-state index is 0.612. The van der Waals surface area contributed by atoms with Crippen LogP contribution in [0.1, 0.15) is 5.56 Å². The van der Waals surface area contributed by atoms with Gasteiger partial charge < -0.3 is 9.73 Å². The maximum Gasteiger partial charge on any atom is 0.181 e. The van der Waals surface area contributed by atoms with Gasteiger partial charge in [0.1, 0.15) is 11.3 Å². The number of nitrogens with one attached hydrogen (secondary N) is 1. The van der Waals surface area contributed by atoms with Crippen molar-refractivity contribution < 1.29 is 4.42 Å². The van der Waals surface area contributed by atoms with Crippen molar-refractivity contribution in [1.29, 1.82) is 0 Å². The van der Waals surface area contributed by atoms with E-state index in [1.165, 1.54) is 6.39 Å². The van der Waals surface area contributed by atoms with E-state index in [9.17, 15) is 0 Å². The lowest BCUT2D eigenvalue weighted by atomic mass is 10.1. The van der Waals surface area contributed by atoms with E-state index in [2.05, 4.69) is 20.3 Å². The summed E-state index contributed by atoms with van der Waals surface area (Å²) >= 11 is 0. The summed E-state index contributed by atoms with van der Waals surface area (Å²) in [7, 11) is 0. The van der Waals surface area contributed by atoms with Crippen molar-refractivity contribution in [2.24, 2.45) is 0 Å². The largest absolute Gasteiger partial charge is 0.443 e. The first-order valence-electron chi connectivity index (χ1n) is 7.33. The molecule has 0 saturated carbocycles.